The normalized spacial score (nSPS) is 19.0. The predicted octanol–water partition coefficient (Wildman–Crippen LogP) is 2.07. The summed E-state index contributed by atoms with van der Waals surface area (Å²) in [6.07, 6.45) is 2.80. The van der Waals surface area contributed by atoms with Crippen LogP contribution in [0, 0.1) is 11.8 Å². The molecule has 0 aromatic rings. The molecule has 0 aliphatic heterocycles. The molecule has 0 heterocycles. The minimum absolute atomic E-state index is 0.698. The van der Waals surface area contributed by atoms with Crippen molar-refractivity contribution in [3.05, 3.63) is 0 Å². The van der Waals surface area contributed by atoms with E-state index in [1.165, 1.54) is 12.8 Å². The summed E-state index contributed by atoms with van der Waals surface area (Å²) in [7, 11) is 0. The highest BCUT2D eigenvalue weighted by Crippen LogP contribution is 2.28. The lowest BCUT2D eigenvalue weighted by Crippen LogP contribution is -2.03. The molecular weight excluding hydrogens is 112 g/mol. The van der Waals surface area contributed by atoms with Crippen LogP contribution in [0.1, 0.15) is 26.7 Å². The summed E-state index contributed by atoms with van der Waals surface area (Å²) >= 11 is 0. The monoisotopic (exact) mass is 128 g/mol. The standard InChI is InChI=1S/C8H16O/c1-7(2)5-9-6-8-3-4-8/h7-8H,3-6H2,1-2H3. The van der Waals surface area contributed by atoms with Gasteiger partial charge in [-0.25, -0.2) is 0 Å². The van der Waals surface area contributed by atoms with Gasteiger partial charge in [0.2, 0.25) is 0 Å². The van der Waals surface area contributed by atoms with Crippen LogP contribution in [-0.2, 0) is 4.74 Å². The number of rotatable bonds is 4. The van der Waals surface area contributed by atoms with Crippen molar-refractivity contribution in [2.75, 3.05) is 13.2 Å². The third-order valence-corrected chi connectivity index (χ3v) is 1.50. The lowest BCUT2D eigenvalue weighted by molar-refractivity contribution is 0.101. The van der Waals surface area contributed by atoms with Gasteiger partial charge in [-0.1, -0.05) is 13.8 Å². The second kappa shape index (κ2) is 3.21. The van der Waals surface area contributed by atoms with E-state index in [-0.39, 0.29) is 0 Å². The SMILES string of the molecule is CC(C)COCC1CC1. The predicted molar refractivity (Wildman–Crippen MR) is 38.4 cm³/mol. The molecule has 0 aromatic heterocycles. The van der Waals surface area contributed by atoms with Crippen molar-refractivity contribution < 1.29 is 4.74 Å². The molecule has 0 N–H and O–H groups in total. The van der Waals surface area contributed by atoms with E-state index in [1.807, 2.05) is 0 Å². The molecule has 0 amide bonds. The molecule has 54 valence electrons. The third kappa shape index (κ3) is 3.52. The Morgan fingerprint density at radius 1 is 1.44 bits per heavy atom. The first-order valence-corrected chi connectivity index (χ1v) is 3.87. The Hall–Kier alpha value is -0.0400. The van der Waals surface area contributed by atoms with Gasteiger partial charge < -0.3 is 4.74 Å². The molecule has 0 atom stereocenters. The van der Waals surface area contributed by atoms with Crippen molar-refractivity contribution in [2.45, 2.75) is 26.7 Å². The van der Waals surface area contributed by atoms with Crippen molar-refractivity contribution in [1.82, 2.24) is 0 Å². The maximum Gasteiger partial charge on any atom is 0.0494 e. The molecule has 0 bridgehead atoms. The van der Waals surface area contributed by atoms with E-state index < -0.39 is 0 Å². The summed E-state index contributed by atoms with van der Waals surface area (Å²) in [6, 6.07) is 0. The largest absolute Gasteiger partial charge is 0.381 e. The van der Waals surface area contributed by atoms with Crippen molar-refractivity contribution >= 4 is 0 Å². The van der Waals surface area contributed by atoms with Gasteiger partial charge in [0, 0.05) is 13.2 Å². The number of ether oxygens (including phenoxy) is 1. The molecule has 1 nitrogen and oxygen atoms in total. The van der Waals surface area contributed by atoms with E-state index in [2.05, 4.69) is 13.8 Å². The van der Waals surface area contributed by atoms with Gasteiger partial charge in [-0.15, -0.1) is 0 Å². The zero-order valence-electron chi connectivity index (χ0n) is 6.39. The van der Waals surface area contributed by atoms with Crippen LogP contribution in [0.25, 0.3) is 0 Å². The highest BCUT2D eigenvalue weighted by molar-refractivity contribution is 4.71. The Bertz CT molecular complexity index is 72.6. The van der Waals surface area contributed by atoms with Crippen LogP contribution < -0.4 is 0 Å². The molecule has 0 unspecified atom stereocenters. The Morgan fingerprint density at radius 2 is 2.11 bits per heavy atom. The molecule has 9 heavy (non-hydrogen) atoms. The molecule has 1 saturated carbocycles. The van der Waals surface area contributed by atoms with Gasteiger partial charge in [-0.3, -0.25) is 0 Å². The average Bonchev–Trinajstić information content (AvgIpc) is 2.48. The van der Waals surface area contributed by atoms with Crippen molar-refractivity contribution in [2.24, 2.45) is 11.8 Å². The Labute approximate surface area is 57.4 Å². The first-order valence-electron chi connectivity index (χ1n) is 3.87. The van der Waals surface area contributed by atoms with E-state index in [0.29, 0.717) is 5.92 Å². The van der Waals surface area contributed by atoms with Crippen LogP contribution in [0.15, 0.2) is 0 Å². The number of hydrogen-bond acceptors (Lipinski definition) is 1. The van der Waals surface area contributed by atoms with E-state index in [0.717, 1.165) is 19.1 Å². The summed E-state index contributed by atoms with van der Waals surface area (Å²) in [5.41, 5.74) is 0. The summed E-state index contributed by atoms with van der Waals surface area (Å²) < 4.78 is 5.42. The topological polar surface area (TPSA) is 9.23 Å². The summed E-state index contributed by atoms with van der Waals surface area (Å²) in [6.45, 7) is 6.33. The molecule has 0 spiro atoms. The maximum absolute atomic E-state index is 5.42. The van der Waals surface area contributed by atoms with Gasteiger partial charge >= 0.3 is 0 Å². The van der Waals surface area contributed by atoms with Gasteiger partial charge in [-0.2, -0.15) is 0 Å². The Balaban J connectivity index is 1.81. The highest BCUT2D eigenvalue weighted by atomic mass is 16.5. The summed E-state index contributed by atoms with van der Waals surface area (Å²) in [4.78, 5) is 0. The molecule has 0 radical (unpaired) electrons. The van der Waals surface area contributed by atoms with Gasteiger partial charge in [0.05, 0.1) is 0 Å². The molecule has 1 fully saturated rings. The second-order valence-corrected chi connectivity index (χ2v) is 3.37. The van der Waals surface area contributed by atoms with E-state index >= 15 is 0 Å². The number of hydrogen-bond donors (Lipinski definition) is 0. The first kappa shape index (κ1) is 7.07. The molecule has 1 aliphatic carbocycles. The zero-order valence-corrected chi connectivity index (χ0v) is 6.39. The van der Waals surface area contributed by atoms with Crippen molar-refractivity contribution in [3.63, 3.8) is 0 Å². The van der Waals surface area contributed by atoms with Crippen LogP contribution in [0.2, 0.25) is 0 Å². The van der Waals surface area contributed by atoms with Gasteiger partial charge in [0.15, 0.2) is 0 Å². The minimum atomic E-state index is 0.698. The van der Waals surface area contributed by atoms with Gasteiger partial charge in [0.1, 0.15) is 0 Å². The van der Waals surface area contributed by atoms with E-state index in [9.17, 15) is 0 Å². The molecule has 1 heteroatoms. The Morgan fingerprint density at radius 3 is 2.56 bits per heavy atom. The summed E-state index contributed by atoms with van der Waals surface area (Å²) in [5, 5.41) is 0. The van der Waals surface area contributed by atoms with Crippen LogP contribution in [-0.4, -0.2) is 13.2 Å². The average molecular weight is 128 g/mol. The molecule has 1 rings (SSSR count). The zero-order chi connectivity index (χ0) is 6.69. The highest BCUT2D eigenvalue weighted by Gasteiger charge is 2.20. The van der Waals surface area contributed by atoms with E-state index in [1.54, 1.807) is 0 Å². The fourth-order valence-electron chi connectivity index (χ4n) is 0.755. The van der Waals surface area contributed by atoms with E-state index in [4.69, 9.17) is 4.74 Å². The lowest BCUT2D eigenvalue weighted by atomic mass is 10.2. The fourth-order valence-corrected chi connectivity index (χ4v) is 0.755. The first-order chi connectivity index (χ1) is 4.29. The quantitative estimate of drug-likeness (QED) is 0.563. The Kier molecular flexibility index (Phi) is 2.52. The molecule has 0 saturated heterocycles. The van der Waals surface area contributed by atoms with Gasteiger partial charge in [-0.05, 0) is 24.7 Å². The molecule has 1 aliphatic rings. The third-order valence-electron chi connectivity index (χ3n) is 1.50. The maximum atomic E-state index is 5.42. The minimum Gasteiger partial charge on any atom is -0.381 e. The van der Waals surface area contributed by atoms with Crippen LogP contribution in [0.3, 0.4) is 0 Å². The molecular formula is C8H16O. The summed E-state index contributed by atoms with van der Waals surface area (Å²) in [5.74, 6) is 1.62. The van der Waals surface area contributed by atoms with Crippen LogP contribution >= 0.6 is 0 Å². The lowest BCUT2D eigenvalue weighted by Gasteiger charge is -2.04. The van der Waals surface area contributed by atoms with Crippen LogP contribution in [0.5, 0.6) is 0 Å². The van der Waals surface area contributed by atoms with Crippen molar-refractivity contribution in [3.8, 4) is 0 Å². The second-order valence-electron chi connectivity index (χ2n) is 3.37. The van der Waals surface area contributed by atoms with Gasteiger partial charge in [0.25, 0.3) is 0 Å². The molecule has 0 aromatic carbocycles. The fraction of sp³-hybridized carbons (Fsp3) is 1.00. The smallest absolute Gasteiger partial charge is 0.0494 e. The van der Waals surface area contributed by atoms with Crippen molar-refractivity contribution in [1.29, 1.82) is 0 Å². The van der Waals surface area contributed by atoms with Crippen LogP contribution in [0.4, 0.5) is 0 Å².